The van der Waals surface area contributed by atoms with E-state index >= 15 is 0 Å². The summed E-state index contributed by atoms with van der Waals surface area (Å²) in [6, 6.07) is 4.01. The summed E-state index contributed by atoms with van der Waals surface area (Å²) in [6.45, 7) is 1.28. The number of fused-ring (bicyclic) bond motifs is 2. The summed E-state index contributed by atoms with van der Waals surface area (Å²) in [5.41, 5.74) is 5.22. The van der Waals surface area contributed by atoms with Gasteiger partial charge in [0.2, 0.25) is 0 Å². The zero-order valence-corrected chi connectivity index (χ0v) is 15.4. The van der Waals surface area contributed by atoms with Crippen LogP contribution >= 0.6 is 0 Å². The molecule has 1 aliphatic carbocycles. The molecule has 0 radical (unpaired) electrons. The molecule has 1 aromatic heterocycles. The van der Waals surface area contributed by atoms with Gasteiger partial charge in [-0.1, -0.05) is 6.42 Å². The molecule has 2 aliphatic rings. The minimum absolute atomic E-state index is 0.0323. The maximum Gasteiger partial charge on any atom is 0.274 e. The van der Waals surface area contributed by atoms with Crippen molar-refractivity contribution in [1.29, 1.82) is 0 Å². The second-order valence-electron chi connectivity index (χ2n) is 7.04. The average molecular weight is 355 g/mol. The number of nitrogens with zero attached hydrogens (tertiary/aromatic N) is 2. The summed E-state index contributed by atoms with van der Waals surface area (Å²) < 4.78 is 10.8. The van der Waals surface area contributed by atoms with Crippen LogP contribution in [0.1, 0.15) is 52.1 Å². The molecule has 0 unspecified atom stereocenters. The van der Waals surface area contributed by atoms with E-state index in [0.717, 1.165) is 48.3 Å². The van der Waals surface area contributed by atoms with Gasteiger partial charge in [0.1, 0.15) is 0 Å². The van der Waals surface area contributed by atoms with E-state index in [9.17, 15) is 4.79 Å². The quantitative estimate of drug-likeness (QED) is 0.860. The second-order valence-corrected chi connectivity index (χ2v) is 7.04. The molecule has 1 aromatic carbocycles. The molecule has 2 heterocycles. The Morgan fingerprint density at radius 1 is 1.04 bits per heavy atom. The Bertz CT molecular complexity index is 828. The van der Waals surface area contributed by atoms with E-state index in [4.69, 9.17) is 9.47 Å². The van der Waals surface area contributed by atoms with Crippen molar-refractivity contribution < 1.29 is 14.3 Å². The Labute approximate surface area is 153 Å². The topological polar surface area (TPSA) is 67.5 Å². The molecule has 1 N–H and O–H groups in total. The van der Waals surface area contributed by atoms with E-state index in [1.807, 2.05) is 17.0 Å². The molecule has 26 heavy (non-hydrogen) atoms. The van der Waals surface area contributed by atoms with Gasteiger partial charge in [0.05, 0.1) is 14.2 Å². The summed E-state index contributed by atoms with van der Waals surface area (Å²) in [4.78, 5) is 15.0. The monoisotopic (exact) mass is 355 g/mol. The van der Waals surface area contributed by atoms with E-state index in [-0.39, 0.29) is 5.91 Å². The number of hydrogen-bond acceptors (Lipinski definition) is 4. The SMILES string of the molecule is COc1cc2c(cc1OC)CN(C(=O)c1n[nH]c3c1CCCCC3)CC2. The van der Waals surface area contributed by atoms with E-state index in [2.05, 4.69) is 10.2 Å². The smallest absolute Gasteiger partial charge is 0.274 e. The number of carbonyl (C=O) groups is 1. The van der Waals surface area contributed by atoms with Crippen LogP contribution in [0.15, 0.2) is 12.1 Å². The molecule has 6 heteroatoms. The molecular weight excluding hydrogens is 330 g/mol. The second kappa shape index (κ2) is 7.02. The van der Waals surface area contributed by atoms with Gasteiger partial charge in [-0.15, -0.1) is 0 Å². The first kappa shape index (κ1) is 16.9. The van der Waals surface area contributed by atoms with Gasteiger partial charge in [-0.25, -0.2) is 0 Å². The lowest BCUT2D eigenvalue weighted by Crippen LogP contribution is -2.36. The number of aromatic nitrogens is 2. The largest absolute Gasteiger partial charge is 0.493 e. The summed E-state index contributed by atoms with van der Waals surface area (Å²) in [5, 5.41) is 7.48. The van der Waals surface area contributed by atoms with Crippen LogP contribution in [0.4, 0.5) is 0 Å². The molecule has 138 valence electrons. The van der Waals surface area contributed by atoms with Crippen molar-refractivity contribution in [1.82, 2.24) is 15.1 Å². The third kappa shape index (κ3) is 2.93. The van der Waals surface area contributed by atoms with Gasteiger partial charge in [0.15, 0.2) is 17.2 Å². The highest BCUT2D eigenvalue weighted by Crippen LogP contribution is 2.34. The number of aryl methyl sites for hydroxylation is 1. The number of methoxy groups -OCH3 is 2. The lowest BCUT2D eigenvalue weighted by molar-refractivity contribution is 0.0727. The van der Waals surface area contributed by atoms with Crippen LogP contribution in [-0.2, 0) is 25.8 Å². The highest BCUT2D eigenvalue weighted by atomic mass is 16.5. The molecular formula is C20H25N3O3. The molecule has 0 spiro atoms. The van der Waals surface area contributed by atoms with Gasteiger partial charge in [0.25, 0.3) is 5.91 Å². The first-order chi connectivity index (χ1) is 12.7. The van der Waals surface area contributed by atoms with Crippen LogP contribution in [-0.4, -0.2) is 41.8 Å². The Morgan fingerprint density at radius 3 is 2.54 bits per heavy atom. The summed E-state index contributed by atoms with van der Waals surface area (Å²) in [7, 11) is 3.28. The fourth-order valence-electron chi connectivity index (χ4n) is 4.04. The Balaban J connectivity index is 1.59. The standard InChI is InChI=1S/C20H25N3O3/c1-25-17-10-13-8-9-23(12-14(13)11-18(17)26-2)20(24)19-15-6-4-3-5-7-16(15)21-22-19/h10-11H,3-9,12H2,1-2H3,(H,21,22). The van der Waals surface area contributed by atoms with Crippen LogP contribution in [0.5, 0.6) is 11.5 Å². The molecule has 0 fully saturated rings. The zero-order chi connectivity index (χ0) is 18.1. The zero-order valence-electron chi connectivity index (χ0n) is 15.4. The first-order valence-corrected chi connectivity index (χ1v) is 9.30. The molecule has 0 bridgehead atoms. The molecule has 0 saturated heterocycles. The number of carbonyl (C=O) groups excluding carboxylic acids is 1. The fraction of sp³-hybridized carbons (Fsp3) is 0.500. The van der Waals surface area contributed by atoms with Crippen molar-refractivity contribution >= 4 is 5.91 Å². The number of aromatic amines is 1. The van der Waals surface area contributed by atoms with Crippen LogP contribution in [0.2, 0.25) is 0 Å². The van der Waals surface area contributed by atoms with Crippen LogP contribution in [0.25, 0.3) is 0 Å². The highest BCUT2D eigenvalue weighted by molar-refractivity contribution is 5.94. The summed E-state index contributed by atoms with van der Waals surface area (Å²) >= 11 is 0. The molecule has 0 saturated carbocycles. The maximum absolute atomic E-state index is 13.1. The number of ether oxygens (including phenoxy) is 2. The van der Waals surface area contributed by atoms with Crippen molar-refractivity contribution in [2.24, 2.45) is 0 Å². The number of rotatable bonds is 3. The molecule has 1 aliphatic heterocycles. The number of amides is 1. The number of hydrogen-bond donors (Lipinski definition) is 1. The molecule has 6 nitrogen and oxygen atoms in total. The predicted octanol–water partition coefficient (Wildman–Crippen LogP) is 2.89. The Hall–Kier alpha value is -2.50. The lowest BCUT2D eigenvalue weighted by atomic mass is 9.98. The Morgan fingerprint density at radius 2 is 1.77 bits per heavy atom. The van der Waals surface area contributed by atoms with Crippen LogP contribution < -0.4 is 9.47 Å². The van der Waals surface area contributed by atoms with Gasteiger partial charge in [-0.05, 0) is 55.4 Å². The number of benzene rings is 1. The predicted molar refractivity (Wildman–Crippen MR) is 97.8 cm³/mol. The van der Waals surface area contributed by atoms with Crippen LogP contribution in [0.3, 0.4) is 0 Å². The number of H-pyrrole nitrogens is 1. The third-order valence-electron chi connectivity index (χ3n) is 5.51. The summed E-state index contributed by atoms with van der Waals surface area (Å²) in [6.07, 6.45) is 6.27. The van der Waals surface area contributed by atoms with Gasteiger partial charge in [0, 0.05) is 24.3 Å². The van der Waals surface area contributed by atoms with E-state index in [1.165, 1.54) is 18.4 Å². The lowest BCUT2D eigenvalue weighted by Gasteiger charge is -2.29. The van der Waals surface area contributed by atoms with Crippen LogP contribution in [0, 0.1) is 0 Å². The van der Waals surface area contributed by atoms with Gasteiger partial charge < -0.3 is 14.4 Å². The molecule has 2 aromatic rings. The van der Waals surface area contributed by atoms with Crippen molar-refractivity contribution in [2.75, 3.05) is 20.8 Å². The first-order valence-electron chi connectivity index (χ1n) is 9.30. The van der Waals surface area contributed by atoms with Crippen molar-refractivity contribution in [3.05, 3.63) is 40.2 Å². The minimum Gasteiger partial charge on any atom is -0.493 e. The minimum atomic E-state index is 0.0323. The summed E-state index contributed by atoms with van der Waals surface area (Å²) in [5.74, 6) is 1.47. The van der Waals surface area contributed by atoms with Crippen molar-refractivity contribution in [2.45, 2.75) is 45.1 Å². The van der Waals surface area contributed by atoms with E-state index in [0.29, 0.717) is 24.5 Å². The van der Waals surface area contributed by atoms with Gasteiger partial charge in [-0.3, -0.25) is 9.89 Å². The molecule has 0 atom stereocenters. The van der Waals surface area contributed by atoms with E-state index in [1.54, 1.807) is 14.2 Å². The fourth-order valence-corrected chi connectivity index (χ4v) is 4.04. The van der Waals surface area contributed by atoms with Crippen molar-refractivity contribution in [3.63, 3.8) is 0 Å². The maximum atomic E-state index is 13.1. The molecule has 1 amide bonds. The molecule has 4 rings (SSSR count). The normalized spacial score (nSPS) is 16.5. The van der Waals surface area contributed by atoms with Crippen molar-refractivity contribution in [3.8, 4) is 11.5 Å². The third-order valence-corrected chi connectivity index (χ3v) is 5.51. The van der Waals surface area contributed by atoms with Gasteiger partial charge >= 0.3 is 0 Å². The Kier molecular flexibility index (Phi) is 4.57. The van der Waals surface area contributed by atoms with E-state index < -0.39 is 0 Å². The van der Waals surface area contributed by atoms with Gasteiger partial charge in [-0.2, -0.15) is 5.10 Å². The average Bonchev–Trinajstić information content (AvgIpc) is 2.93. The number of nitrogens with one attached hydrogen (secondary N) is 1. The highest BCUT2D eigenvalue weighted by Gasteiger charge is 2.28.